The number of hydrogen-bond donors (Lipinski definition) is 2. The molecule has 2 nitrogen and oxygen atoms in total. The summed E-state index contributed by atoms with van der Waals surface area (Å²) in [6.45, 7) is 5.28. The van der Waals surface area contributed by atoms with Gasteiger partial charge < -0.3 is 10.4 Å². The molecule has 1 aromatic rings. The SMILES string of the molecule is CCCC(CC)NCc1ccc(O)c(Br)c1. The van der Waals surface area contributed by atoms with Gasteiger partial charge in [-0.25, -0.2) is 0 Å². The van der Waals surface area contributed by atoms with Crippen LogP contribution in [0.25, 0.3) is 0 Å². The molecule has 1 aromatic carbocycles. The highest BCUT2D eigenvalue weighted by Gasteiger charge is 2.05. The molecule has 16 heavy (non-hydrogen) atoms. The van der Waals surface area contributed by atoms with Gasteiger partial charge in [0.15, 0.2) is 0 Å². The lowest BCUT2D eigenvalue weighted by Gasteiger charge is -2.16. The maximum absolute atomic E-state index is 9.38. The number of phenolic OH excluding ortho intramolecular Hbond substituents is 1. The minimum Gasteiger partial charge on any atom is -0.507 e. The van der Waals surface area contributed by atoms with Crippen molar-refractivity contribution in [2.24, 2.45) is 0 Å². The second-order valence-corrected chi connectivity index (χ2v) is 4.91. The predicted octanol–water partition coefficient (Wildman–Crippen LogP) is 3.82. The van der Waals surface area contributed by atoms with Crippen LogP contribution in [0.2, 0.25) is 0 Å². The largest absolute Gasteiger partial charge is 0.507 e. The molecule has 1 atom stereocenters. The van der Waals surface area contributed by atoms with E-state index < -0.39 is 0 Å². The summed E-state index contributed by atoms with van der Waals surface area (Å²) >= 11 is 3.32. The van der Waals surface area contributed by atoms with Crippen LogP contribution in [0.4, 0.5) is 0 Å². The second-order valence-electron chi connectivity index (χ2n) is 4.06. The Morgan fingerprint density at radius 3 is 2.69 bits per heavy atom. The number of benzene rings is 1. The molecule has 0 heterocycles. The third kappa shape index (κ3) is 4.14. The topological polar surface area (TPSA) is 32.3 Å². The molecule has 0 aliphatic heterocycles. The fraction of sp³-hybridized carbons (Fsp3) is 0.538. The number of nitrogens with one attached hydrogen (secondary N) is 1. The zero-order valence-electron chi connectivity index (χ0n) is 9.96. The molecule has 0 aromatic heterocycles. The summed E-state index contributed by atoms with van der Waals surface area (Å²) in [5.41, 5.74) is 1.19. The first-order chi connectivity index (χ1) is 7.67. The highest BCUT2D eigenvalue weighted by atomic mass is 79.9. The smallest absolute Gasteiger partial charge is 0.129 e. The van der Waals surface area contributed by atoms with Gasteiger partial charge >= 0.3 is 0 Å². The highest BCUT2D eigenvalue weighted by molar-refractivity contribution is 9.10. The summed E-state index contributed by atoms with van der Waals surface area (Å²) in [5, 5.41) is 12.9. The van der Waals surface area contributed by atoms with E-state index in [2.05, 4.69) is 35.1 Å². The third-order valence-corrected chi connectivity index (χ3v) is 3.37. The highest BCUT2D eigenvalue weighted by Crippen LogP contribution is 2.24. The fourth-order valence-corrected chi connectivity index (χ4v) is 2.15. The summed E-state index contributed by atoms with van der Waals surface area (Å²) in [7, 11) is 0. The molecule has 0 bridgehead atoms. The van der Waals surface area contributed by atoms with Gasteiger partial charge in [0.2, 0.25) is 0 Å². The Bertz CT molecular complexity index is 328. The van der Waals surface area contributed by atoms with Crippen molar-refractivity contribution >= 4 is 15.9 Å². The summed E-state index contributed by atoms with van der Waals surface area (Å²) in [6, 6.07) is 6.23. The molecule has 0 aliphatic carbocycles. The molecule has 90 valence electrons. The van der Waals surface area contributed by atoms with E-state index in [1.165, 1.54) is 18.4 Å². The van der Waals surface area contributed by atoms with Crippen molar-refractivity contribution in [2.45, 2.75) is 45.7 Å². The zero-order chi connectivity index (χ0) is 12.0. The second kappa shape index (κ2) is 6.92. The number of halogens is 1. The third-order valence-electron chi connectivity index (χ3n) is 2.74. The van der Waals surface area contributed by atoms with Crippen LogP contribution in [0.15, 0.2) is 22.7 Å². The fourth-order valence-electron chi connectivity index (χ4n) is 1.72. The quantitative estimate of drug-likeness (QED) is 0.833. The molecule has 1 rings (SSSR count). The predicted molar refractivity (Wildman–Crippen MR) is 71.6 cm³/mol. The van der Waals surface area contributed by atoms with E-state index in [0.717, 1.165) is 17.4 Å². The summed E-state index contributed by atoms with van der Waals surface area (Å²) in [6.07, 6.45) is 3.59. The van der Waals surface area contributed by atoms with E-state index in [9.17, 15) is 5.11 Å². The molecule has 0 saturated carbocycles. The van der Waals surface area contributed by atoms with Crippen LogP contribution < -0.4 is 5.32 Å². The van der Waals surface area contributed by atoms with E-state index in [1.54, 1.807) is 6.07 Å². The van der Waals surface area contributed by atoms with E-state index in [0.29, 0.717) is 11.8 Å². The average Bonchev–Trinajstić information content (AvgIpc) is 2.28. The number of phenols is 1. The van der Waals surface area contributed by atoms with Gasteiger partial charge in [0.25, 0.3) is 0 Å². The Hall–Kier alpha value is -0.540. The zero-order valence-corrected chi connectivity index (χ0v) is 11.5. The maximum atomic E-state index is 9.38. The average molecular weight is 286 g/mol. The lowest BCUT2D eigenvalue weighted by Crippen LogP contribution is -2.27. The monoisotopic (exact) mass is 285 g/mol. The van der Waals surface area contributed by atoms with Gasteiger partial charge in [-0.2, -0.15) is 0 Å². The van der Waals surface area contributed by atoms with Crippen molar-refractivity contribution in [1.29, 1.82) is 0 Å². The summed E-state index contributed by atoms with van der Waals surface area (Å²) in [4.78, 5) is 0. The number of rotatable bonds is 6. The van der Waals surface area contributed by atoms with E-state index in [-0.39, 0.29) is 0 Å². The Kier molecular flexibility index (Phi) is 5.85. The van der Waals surface area contributed by atoms with Crippen molar-refractivity contribution in [1.82, 2.24) is 5.32 Å². The molecular weight excluding hydrogens is 266 g/mol. The van der Waals surface area contributed by atoms with Gasteiger partial charge in [-0.15, -0.1) is 0 Å². The molecule has 3 heteroatoms. The molecule has 0 aliphatic rings. The molecule has 0 radical (unpaired) electrons. The molecule has 1 unspecified atom stereocenters. The van der Waals surface area contributed by atoms with Crippen LogP contribution in [0.1, 0.15) is 38.7 Å². The van der Waals surface area contributed by atoms with Crippen LogP contribution in [-0.4, -0.2) is 11.1 Å². The van der Waals surface area contributed by atoms with Gasteiger partial charge in [0, 0.05) is 12.6 Å². The lowest BCUT2D eigenvalue weighted by molar-refractivity contribution is 0.460. The summed E-state index contributed by atoms with van der Waals surface area (Å²) < 4.78 is 0.760. The number of aromatic hydroxyl groups is 1. The van der Waals surface area contributed by atoms with Crippen molar-refractivity contribution in [3.63, 3.8) is 0 Å². The van der Waals surface area contributed by atoms with Crippen LogP contribution in [0.3, 0.4) is 0 Å². The van der Waals surface area contributed by atoms with Gasteiger partial charge in [-0.05, 0) is 46.5 Å². The molecule has 0 saturated heterocycles. The first-order valence-electron chi connectivity index (χ1n) is 5.88. The molecular formula is C13H20BrNO. The van der Waals surface area contributed by atoms with E-state index in [4.69, 9.17) is 0 Å². The molecule has 0 fully saturated rings. The molecule has 2 N–H and O–H groups in total. The van der Waals surface area contributed by atoms with Crippen molar-refractivity contribution in [3.05, 3.63) is 28.2 Å². The minimum atomic E-state index is 0.296. The normalized spacial score (nSPS) is 12.7. The first kappa shape index (κ1) is 13.5. The van der Waals surface area contributed by atoms with Gasteiger partial charge in [0.1, 0.15) is 5.75 Å². The minimum absolute atomic E-state index is 0.296. The van der Waals surface area contributed by atoms with Crippen LogP contribution in [0, 0.1) is 0 Å². The van der Waals surface area contributed by atoms with Crippen molar-refractivity contribution in [3.8, 4) is 5.75 Å². The Labute approximate surface area is 106 Å². The molecule has 0 spiro atoms. The van der Waals surface area contributed by atoms with Gasteiger partial charge in [0.05, 0.1) is 4.47 Å². The van der Waals surface area contributed by atoms with Gasteiger partial charge in [-0.3, -0.25) is 0 Å². The first-order valence-corrected chi connectivity index (χ1v) is 6.67. The summed E-state index contributed by atoms with van der Waals surface area (Å²) in [5.74, 6) is 0.296. The number of hydrogen-bond acceptors (Lipinski definition) is 2. The van der Waals surface area contributed by atoms with Crippen molar-refractivity contribution < 1.29 is 5.11 Å². The lowest BCUT2D eigenvalue weighted by atomic mass is 10.1. The standard InChI is InChI=1S/C13H20BrNO/c1-3-5-11(4-2)15-9-10-6-7-13(16)12(14)8-10/h6-8,11,15-16H,3-5,9H2,1-2H3. The molecule has 0 amide bonds. The maximum Gasteiger partial charge on any atom is 0.129 e. The van der Waals surface area contributed by atoms with Crippen LogP contribution >= 0.6 is 15.9 Å². The van der Waals surface area contributed by atoms with Crippen LogP contribution in [0.5, 0.6) is 5.75 Å². The Morgan fingerprint density at radius 2 is 2.12 bits per heavy atom. The van der Waals surface area contributed by atoms with Gasteiger partial charge in [-0.1, -0.05) is 26.3 Å². The Morgan fingerprint density at radius 1 is 1.38 bits per heavy atom. The van der Waals surface area contributed by atoms with Crippen molar-refractivity contribution in [2.75, 3.05) is 0 Å². The van der Waals surface area contributed by atoms with E-state index in [1.807, 2.05) is 12.1 Å². The van der Waals surface area contributed by atoms with Crippen LogP contribution in [-0.2, 0) is 6.54 Å². The Balaban J connectivity index is 2.50. The van der Waals surface area contributed by atoms with E-state index >= 15 is 0 Å².